The van der Waals surface area contributed by atoms with Crippen molar-refractivity contribution in [1.29, 1.82) is 0 Å². The van der Waals surface area contributed by atoms with Crippen LogP contribution in [0.15, 0.2) is 48.5 Å². The number of benzene rings is 2. The number of hydrogen-bond donors (Lipinski definition) is 1. The highest BCUT2D eigenvalue weighted by Crippen LogP contribution is 2.36. The Labute approximate surface area is 160 Å². The summed E-state index contributed by atoms with van der Waals surface area (Å²) in [6, 6.07) is 11.0. The molecular formula is C20H19F3N2O3. The van der Waals surface area contributed by atoms with Crippen LogP contribution in [-0.4, -0.2) is 24.1 Å². The Morgan fingerprint density at radius 3 is 2.29 bits per heavy atom. The van der Waals surface area contributed by atoms with Gasteiger partial charge in [0.2, 0.25) is 11.8 Å². The number of para-hydroxylation sites is 1. The third-order valence-corrected chi connectivity index (χ3v) is 4.00. The van der Waals surface area contributed by atoms with Gasteiger partial charge in [-0.05, 0) is 31.2 Å². The Morgan fingerprint density at radius 1 is 1.00 bits per heavy atom. The van der Waals surface area contributed by atoms with Crippen molar-refractivity contribution in [3.8, 4) is 0 Å². The first kappa shape index (κ1) is 21.1. The lowest BCUT2D eigenvalue weighted by Gasteiger charge is -2.24. The molecule has 8 heteroatoms. The molecule has 0 spiro atoms. The third-order valence-electron chi connectivity index (χ3n) is 4.00. The highest BCUT2D eigenvalue weighted by molar-refractivity contribution is 5.98. The van der Waals surface area contributed by atoms with Crippen LogP contribution in [0.3, 0.4) is 0 Å². The lowest BCUT2D eigenvalue weighted by molar-refractivity contribution is -0.137. The van der Waals surface area contributed by atoms with Gasteiger partial charge in [0.05, 0.1) is 11.3 Å². The number of amides is 2. The number of rotatable bonds is 6. The second-order valence-corrected chi connectivity index (χ2v) is 6.12. The number of Topliss-reactive ketones (excluding diaryl/α,β-unsaturated/α-hetero) is 1. The van der Waals surface area contributed by atoms with Gasteiger partial charge in [0.1, 0.15) is 0 Å². The van der Waals surface area contributed by atoms with Crippen molar-refractivity contribution in [2.24, 2.45) is 0 Å². The SMILES string of the molecule is CC(=O)c1cccc(NC(=O)CCN(C(C)=O)c2ccccc2C(F)(F)F)c1. The molecule has 0 fully saturated rings. The highest BCUT2D eigenvalue weighted by Gasteiger charge is 2.35. The molecule has 5 nitrogen and oxygen atoms in total. The molecule has 2 aromatic carbocycles. The summed E-state index contributed by atoms with van der Waals surface area (Å²) >= 11 is 0. The second kappa shape index (κ2) is 8.69. The lowest BCUT2D eigenvalue weighted by atomic mass is 10.1. The van der Waals surface area contributed by atoms with Crippen molar-refractivity contribution >= 4 is 29.0 Å². The van der Waals surface area contributed by atoms with Crippen molar-refractivity contribution in [2.45, 2.75) is 26.4 Å². The zero-order chi connectivity index (χ0) is 20.9. The Bertz CT molecular complexity index is 894. The molecule has 0 atom stereocenters. The van der Waals surface area contributed by atoms with Crippen molar-refractivity contribution in [1.82, 2.24) is 0 Å². The van der Waals surface area contributed by atoms with Crippen LogP contribution < -0.4 is 10.2 Å². The molecule has 0 aliphatic heterocycles. The number of carbonyl (C=O) groups excluding carboxylic acids is 3. The van der Waals surface area contributed by atoms with Crippen LogP contribution in [0.25, 0.3) is 0 Å². The van der Waals surface area contributed by atoms with Gasteiger partial charge in [-0.1, -0.05) is 24.3 Å². The Balaban J connectivity index is 2.13. The minimum atomic E-state index is -4.63. The first-order valence-corrected chi connectivity index (χ1v) is 8.45. The predicted octanol–water partition coefficient (Wildman–Crippen LogP) is 4.29. The summed E-state index contributed by atoms with van der Waals surface area (Å²) in [4.78, 5) is 36.4. The van der Waals surface area contributed by atoms with Crippen molar-refractivity contribution in [3.05, 3.63) is 59.7 Å². The summed E-state index contributed by atoms with van der Waals surface area (Å²) in [6.45, 7) is 2.31. The average molecular weight is 392 g/mol. The number of hydrogen-bond acceptors (Lipinski definition) is 3. The normalized spacial score (nSPS) is 11.0. The van der Waals surface area contributed by atoms with Gasteiger partial charge in [0.15, 0.2) is 5.78 Å². The van der Waals surface area contributed by atoms with Crippen LogP contribution in [0, 0.1) is 0 Å². The van der Waals surface area contributed by atoms with Gasteiger partial charge >= 0.3 is 6.18 Å². The summed E-state index contributed by atoms with van der Waals surface area (Å²) in [5.41, 5.74) is -0.432. The van der Waals surface area contributed by atoms with E-state index in [1.807, 2.05) is 0 Å². The summed E-state index contributed by atoms with van der Waals surface area (Å²) in [7, 11) is 0. The molecule has 2 amide bonds. The molecule has 0 saturated heterocycles. The number of ketones is 1. The number of carbonyl (C=O) groups is 3. The van der Waals surface area contributed by atoms with Gasteiger partial charge in [0, 0.05) is 31.1 Å². The maximum atomic E-state index is 13.2. The molecule has 1 N–H and O–H groups in total. The topological polar surface area (TPSA) is 66.5 Å². The summed E-state index contributed by atoms with van der Waals surface area (Å²) in [6.07, 6.45) is -4.84. The van der Waals surface area contributed by atoms with E-state index in [2.05, 4.69) is 5.32 Å². The molecule has 0 aliphatic carbocycles. The lowest BCUT2D eigenvalue weighted by Crippen LogP contribution is -2.33. The van der Waals surface area contributed by atoms with E-state index in [9.17, 15) is 27.6 Å². The van der Waals surface area contributed by atoms with Crippen LogP contribution in [0.4, 0.5) is 24.5 Å². The van der Waals surface area contributed by atoms with Crippen molar-refractivity contribution in [3.63, 3.8) is 0 Å². The number of halogens is 3. The van der Waals surface area contributed by atoms with Gasteiger partial charge in [-0.2, -0.15) is 13.2 Å². The van der Waals surface area contributed by atoms with Crippen molar-refractivity contribution < 1.29 is 27.6 Å². The molecule has 0 bridgehead atoms. The van der Waals surface area contributed by atoms with Crippen LogP contribution in [0.2, 0.25) is 0 Å². The van der Waals surface area contributed by atoms with Crippen LogP contribution in [0.5, 0.6) is 0 Å². The molecule has 0 aromatic heterocycles. The van der Waals surface area contributed by atoms with Crippen LogP contribution in [0.1, 0.15) is 36.2 Å². The molecule has 0 radical (unpaired) electrons. The zero-order valence-corrected chi connectivity index (χ0v) is 15.3. The molecule has 0 saturated carbocycles. The number of nitrogens with one attached hydrogen (secondary N) is 1. The Hall–Kier alpha value is -3.16. The summed E-state index contributed by atoms with van der Waals surface area (Å²) in [5.74, 6) is -1.26. The Kier molecular flexibility index (Phi) is 6.56. The van der Waals surface area contributed by atoms with E-state index in [0.717, 1.165) is 17.9 Å². The molecule has 28 heavy (non-hydrogen) atoms. The zero-order valence-electron chi connectivity index (χ0n) is 15.3. The maximum absolute atomic E-state index is 13.2. The largest absolute Gasteiger partial charge is 0.418 e. The quantitative estimate of drug-likeness (QED) is 0.746. The van der Waals surface area contributed by atoms with Gasteiger partial charge < -0.3 is 10.2 Å². The fourth-order valence-electron chi connectivity index (χ4n) is 2.65. The van der Waals surface area contributed by atoms with Crippen LogP contribution in [-0.2, 0) is 15.8 Å². The number of anilines is 2. The molecule has 0 heterocycles. The second-order valence-electron chi connectivity index (χ2n) is 6.12. The Morgan fingerprint density at radius 2 is 1.68 bits per heavy atom. The summed E-state index contributed by atoms with van der Waals surface area (Å²) < 4.78 is 39.7. The van der Waals surface area contributed by atoms with E-state index in [1.165, 1.54) is 31.2 Å². The molecule has 0 aliphatic rings. The predicted molar refractivity (Wildman–Crippen MR) is 99.2 cm³/mol. The fraction of sp³-hybridized carbons (Fsp3) is 0.250. The first-order valence-electron chi connectivity index (χ1n) is 8.45. The summed E-state index contributed by atoms with van der Waals surface area (Å²) in [5, 5.41) is 2.58. The number of alkyl halides is 3. The number of nitrogens with zero attached hydrogens (tertiary/aromatic N) is 1. The first-order chi connectivity index (χ1) is 13.1. The minimum Gasteiger partial charge on any atom is -0.326 e. The van der Waals surface area contributed by atoms with Gasteiger partial charge in [0.25, 0.3) is 0 Å². The average Bonchev–Trinajstić information content (AvgIpc) is 2.61. The van der Waals surface area contributed by atoms with Gasteiger partial charge in [-0.15, -0.1) is 0 Å². The van der Waals surface area contributed by atoms with E-state index in [4.69, 9.17) is 0 Å². The maximum Gasteiger partial charge on any atom is 0.418 e. The van der Waals surface area contributed by atoms with Gasteiger partial charge in [-0.3, -0.25) is 14.4 Å². The molecule has 2 rings (SSSR count). The minimum absolute atomic E-state index is 0.164. The van der Waals surface area contributed by atoms with E-state index >= 15 is 0 Å². The molecular weight excluding hydrogens is 373 g/mol. The highest BCUT2D eigenvalue weighted by atomic mass is 19.4. The fourth-order valence-corrected chi connectivity index (χ4v) is 2.65. The smallest absolute Gasteiger partial charge is 0.326 e. The molecule has 148 valence electrons. The molecule has 0 unspecified atom stereocenters. The van der Waals surface area contributed by atoms with Crippen molar-refractivity contribution in [2.75, 3.05) is 16.8 Å². The van der Waals surface area contributed by atoms with E-state index in [-0.39, 0.29) is 24.4 Å². The monoisotopic (exact) mass is 392 g/mol. The van der Waals surface area contributed by atoms with Crippen LogP contribution >= 0.6 is 0 Å². The van der Waals surface area contributed by atoms with Gasteiger partial charge in [-0.25, -0.2) is 0 Å². The van der Waals surface area contributed by atoms with E-state index < -0.39 is 23.6 Å². The molecule has 2 aromatic rings. The standard InChI is InChI=1S/C20H19F3N2O3/c1-13(26)15-6-5-7-16(12-15)24-19(28)10-11-25(14(2)27)18-9-4-3-8-17(18)20(21,22)23/h3-9,12H,10-11H2,1-2H3,(H,24,28). The van der Waals surface area contributed by atoms with E-state index in [1.54, 1.807) is 18.2 Å². The van der Waals surface area contributed by atoms with E-state index in [0.29, 0.717) is 11.3 Å². The third kappa shape index (κ3) is 5.42.